The number of hydrogen-bond acceptors (Lipinski definition) is 2. The molecule has 84 valence electrons. The van der Waals surface area contributed by atoms with Crippen molar-refractivity contribution in [2.75, 3.05) is 0 Å². The topological polar surface area (TPSA) is 31.0 Å². The van der Waals surface area contributed by atoms with Crippen LogP contribution in [0.15, 0.2) is 22.7 Å². The molecule has 0 aliphatic carbocycles. The van der Waals surface area contributed by atoms with E-state index in [2.05, 4.69) is 16.5 Å². The number of hydrogen-bond donors (Lipinski definition) is 0. The highest BCUT2D eigenvalue weighted by molar-refractivity contribution is 6.28. The smallest absolute Gasteiger partial charge is 0.194 e. The Labute approximate surface area is 99.0 Å². The number of aryl methyl sites for hydroxylation is 1. The molecular weight excluding hydrogens is 224 g/mol. The molecule has 4 heteroatoms. The summed E-state index contributed by atoms with van der Waals surface area (Å²) in [5.41, 5.74) is 1.29. The average Bonchev–Trinajstić information content (AvgIpc) is 2.84. The maximum Gasteiger partial charge on any atom is 0.194 e. The first-order valence-electron chi connectivity index (χ1n) is 5.57. The molecule has 3 rings (SSSR count). The first kappa shape index (κ1) is 9.97. The van der Waals surface area contributed by atoms with E-state index in [1.807, 2.05) is 12.3 Å². The van der Waals surface area contributed by atoms with Crippen LogP contribution in [-0.4, -0.2) is 9.55 Å². The molecule has 1 unspecified atom stereocenters. The molecular formula is C12H13ClN2O. The lowest BCUT2D eigenvalue weighted by atomic mass is 10.0. The van der Waals surface area contributed by atoms with Crippen molar-refractivity contribution in [3.8, 4) is 11.6 Å². The average molecular weight is 237 g/mol. The summed E-state index contributed by atoms with van der Waals surface area (Å²) in [6, 6.07) is 4.12. The largest absolute Gasteiger partial charge is 0.441 e. The number of furan rings is 1. The minimum atomic E-state index is 0.413. The number of rotatable bonds is 1. The summed E-state index contributed by atoms with van der Waals surface area (Å²) in [6.45, 7) is 2.22. The molecule has 0 amide bonds. The van der Waals surface area contributed by atoms with Gasteiger partial charge in [-0.05, 0) is 49.9 Å². The molecule has 1 aliphatic rings. The minimum Gasteiger partial charge on any atom is -0.441 e. The van der Waals surface area contributed by atoms with Gasteiger partial charge in [0, 0.05) is 17.9 Å². The van der Waals surface area contributed by atoms with E-state index >= 15 is 0 Å². The van der Waals surface area contributed by atoms with Crippen LogP contribution in [0.4, 0.5) is 0 Å². The van der Waals surface area contributed by atoms with Crippen LogP contribution in [0.2, 0.25) is 5.22 Å². The van der Waals surface area contributed by atoms with Gasteiger partial charge in [0.2, 0.25) is 0 Å². The maximum atomic E-state index is 5.79. The van der Waals surface area contributed by atoms with Gasteiger partial charge in [0.05, 0.1) is 0 Å². The second-order valence-electron chi connectivity index (χ2n) is 4.29. The van der Waals surface area contributed by atoms with Crippen LogP contribution in [0.3, 0.4) is 0 Å². The Morgan fingerprint density at radius 1 is 1.50 bits per heavy atom. The Bertz CT molecular complexity index is 515. The normalized spacial score (nSPS) is 19.8. The predicted octanol–water partition coefficient (Wildman–Crippen LogP) is 3.69. The third kappa shape index (κ3) is 1.47. The number of imidazole rings is 1. The van der Waals surface area contributed by atoms with Crippen molar-refractivity contribution in [1.82, 2.24) is 9.55 Å². The van der Waals surface area contributed by atoms with Crippen molar-refractivity contribution in [3.05, 3.63) is 29.2 Å². The van der Waals surface area contributed by atoms with Gasteiger partial charge >= 0.3 is 0 Å². The van der Waals surface area contributed by atoms with Crippen LogP contribution >= 0.6 is 11.6 Å². The van der Waals surface area contributed by atoms with Crippen LogP contribution in [0, 0.1) is 0 Å². The lowest BCUT2D eigenvalue weighted by Crippen LogP contribution is -2.15. The standard InChI is InChI=1S/C12H13ClN2O/c1-8-3-2-4-9-7-14-12(15(8)9)10-5-6-11(13)16-10/h5-8H,2-4H2,1H3. The Morgan fingerprint density at radius 2 is 2.38 bits per heavy atom. The molecule has 3 nitrogen and oxygen atoms in total. The van der Waals surface area contributed by atoms with Crippen molar-refractivity contribution >= 4 is 11.6 Å². The molecule has 1 atom stereocenters. The van der Waals surface area contributed by atoms with E-state index in [4.69, 9.17) is 16.0 Å². The lowest BCUT2D eigenvalue weighted by Gasteiger charge is -2.23. The fourth-order valence-electron chi connectivity index (χ4n) is 2.40. The summed E-state index contributed by atoms with van der Waals surface area (Å²) < 4.78 is 7.69. The summed E-state index contributed by atoms with van der Waals surface area (Å²) in [6.07, 6.45) is 5.49. The highest BCUT2D eigenvalue weighted by atomic mass is 35.5. The van der Waals surface area contributed by atoms with Gasteiger partial charge in [-0.25, -0.2) is 4.98 Å². The molecule has 0 fully saturated rings. The summed E-state index contributed by atoms with van der Waals surface area (Å²) in [4.78, 5) is 4.44. The highest BCUT2D eigenvalue weighted by Gasteiger charge is 2.22. The summed E-state index contributed by atoms with van der Waals surface area (Å²) >= 11 is 5.79. The number of aromatic nitrogens is 2. The molecule has 0 saturated carbocycles. The SMILES string of the molecule is CC1CCCc2cnc(-c3ccc(Cl)o3)n21. The molecule has 2 aromatic rings. The third-order valence-corrected chi connectivity index (χ3v) is 3.37. The van der Waals surface area contributed by atoms with Crippen LogP contribution < -0.4 is 0 Å². The van der Waals surface area contributed by atoms with Gasteiger partial charge in [0.1, 0.15) is 0 Å². The number of fused-ring (bicyclic) bond motifs is 1. The molecule has 0 aromatic carbocycles. The fourth-order valence-corrected chi connectivity index (χ4v) is 2.54. The highest BCUT2D eigenvalue weighted by Crippen LogP contribution is 2.32. The van der Waals surface area contributed by atoms with Crippen molar-refractivity contribution < 1.29 is 4.42 Å². The van der Waals surface area contributed by atoms with E-state index in [-0.39, 0.29) is 0 Å². The predicted molar refractivity (Wildman–Crippen MR) is 62.6 cm³/mol. The van der Waals surface area contributed by atoms with E-state index in [9.17, 15) is 0 Å². The van der Waals surface area contributed by atoms with Crippen molar-refractivity contribution in [2.45, 2.75) is 32.2 Å². The molecule has 0 saturated heterocycles. The van der Waals surface area contributed by atoms with E-state index in [0.29, 0.717) is 11.3 Å². The molecule has 2 aromatic heterocycles. The van der Waals surface area contributed by atoms with Gasteiger partial charge in [-0.3, -0.25) is 0 Å². The fraction of sp³-hybridized carbons (Fsp3) is 0.417. The maximum absolute atomic E-state index is 5.79. The molecule has 0 radical (unpaired) electrons. The minimum absolute atomic E-state index is 0.413. The quantitative estimate of drug-likeness (QED) is 0.756. The molecule has 1 aliphatic heterocycles. The number of halogens is 1. The molecule has 3 heterocycles. The lowest BCUT2D eigenvalue weighted by molar-refractivity contribution is 0.431. The van der Waals surface area contributed by atoms with Crippen molar-refractivity contribution in [1.29, 1.82) is 0 Å². The second-order valence-corrected chi connectivity index (χ2v) is 4.66. The first-order chi connectivity index (χ1) is 7.75. The van der Waals surface area contributed by atoms with Gasteiger partial charge in [-0.15, -0.1) is 0 Å². The Kier molecular flexibility index (Phi) is 2.28. The molecule has 0 bridgehead atoms. The van der Waals surface area contributed by atoms with Crippen LogP contribution in [0.5, 0.6) is 0 Å². The van der Waals surface area contributed by atoms with Gasteiger partial charge in [-0.1, -0.05) is 0 Å². The molecule has 16 heavy (non-hydrogen) atoms. The van der Waals surface area contributed by atoms with Crippen LogP contribution in [0.1, 0.15) is 31.5 Å². The van der Waals surface area contributed by atoms with Crippen molar-refractivity contribution in [2.24, 2.45) is 0 Å². The second kappa shape index (κ2) is 3.67. The summed E-state index contributed by atoms with van der Waals surface area (Å²) in [5, 5.41) is 0.413. The zero-order chi connectivity index (χ0) is 11.1. The van der Waals surface area contributed by atoms with Crippen LogP contribution in [-0.2, 0) is 6.42 Å². The molecule has 0 spiro atoms. The van der Waals surface area contributed by atoms with Crippen LogP contribution in [0.25, 0.3) is 11.6 Å². The van der Waals surface area contributed by atoms with E-state index < -0.39 is 0 Å². The Balaban J connectivity index is 2.12. The monoisotopic (exact) mass is 236 g/mol. The van der Waals surface area contributed by atoms with Gasteiger partial charge in [0.25, 0.3) is 0 Å². The molecule has 0 N–H and O–H groups in total. The number of nitrogens with zero attached hydrogens (tertiary/aromatic N) is 2. The van der Waals surface area contributed by atoms with E-state index in [1.165, 1.54) is 18.5 Å². The van der Waals surface area contributed by atoms with Gasteiger partial charge in [-0.2, -0.15) is 0 Å². The van der Waals surface area contributed by atoms with Crippen molar-refractivity contribution in [3.63, 3.8) is 0 Å². The first-order valence-corrected chi connectivity index (χ1v) is 5.95. The zero-order valence-electron chi connectivity index (χ0n) is 9.11. The van der Waals surface area contributed by atoms with Gasteiger partial charge in [0.15, 0.2) is 16.8 Å². The Morgan fingerprint density at radius 3 is 3.12 bits per heavy atom. The summed E-state index contributed by atoms with van der Waals surface area (Å²) in [5.74, 6) is 1.65. The Hall–Kier alpha value is -1.22. The third-order valence-electron chi connectivity index (χ3n) is 3.16. The van der Waals surface area contributed by atoms with Gasteiger partial charge < -0.3 is 8.98 Å². The summed E-state index contributed by atoms with van der Waals surface area (Å²) in [7, 11) is 0. The zero-order valence-corrected chi connectivity index (χ0v) is 9.87. The van der Waals surface area contributed by atoms with E-state index in [1.54, 1.807) is 6.07 Å². The van der Waals surface area contributed by atoms with E-state index in [0.717, 1.165) is 18.0 Å².